The molecule has 4 rings (SSSR count). The number of likely N-dealkylation sites (tertiary alicyclic amines) is 1. The molecular weight excluding hydrogens is 492 g/mol. The van der Waals surface area contributed by atoms with E-state index in [1.54, 1.807) is 46.7 Å². The van der Waals surface area contributed by atoms with Gasteiger partial charge in [0.25, 0.3) is 11.6 Å². The van der Waals surface area contributed by atoms with Crippen LogP contribution in [0.4, 0.5) is 5.69 Å². The number of rotatable bonds is 10. The zero-order valence-electron chi connectivity index (χ0n) is 20.4. The van der Waals surface area contributed by atoms with Gasteiger partial charge in [0.1, 0.15) is 6.04 Å². The fraction of sp³-hybridized carbons (Fsp3) is 0.346. The van der Waals surface area contributed by atoms with E-state index in [1.165, 1.54) is 23.2 Å². The second-order valence-corrected chi connectivity index (χ2v) is 9.95. The molecule has 1 fully saturated rings. The Morgan fingerprint density at radius 2 is 2.00 bits per heavy atom. The Morgan fingerprint density at radius 1 is 1.19 bits per heavy atom. The summed E-state index contributed by atoms with van der Waals surface area (Å²) < 4.78 is 0. The molecule has 37 heavy (non-hydrogen) atoms. The summed E-state index contributed by atoms with van der Waals surface area (Å²) in [6.45, 7) is 2.29. The van der Waals surface area contributed by atoms with Crippen LogP contribution in [0.5, 0.6) is 0 Å². The van der Waals surface area contributed by atoms with Gasteiger partial charge < -0.3 is 16.0 Å². The molecule has 0 radical (unpaired) electrons. The Kier molecular flexibility index (Phi) is 8.94. The fourth-order valence-electron chi connectivity index (χ4n) is 4.61. The molecule has 0 spiro atoms. The predicted octanol–water partition coefficient (Wildman–Crippen LogP) is 2.80. The maximum atomic E-state index is 13.3. The summed E-state index contributed by atoms with van der Waals surface area (Å²) in [5.41, 5.74) is 7.04. The number of nitro groups is 1. The number of nitrogens with zero attached hydrogens (tertiary/aromatic N) is 4. The second kappa shape index (κ2) is 12.5. The van der Waals surface area contributed by atoms with E-state index in [1.807, 2.05) is 11.4 Å². The highest BCUT2D eigenvalue weighted by atomic mass is 32.1. The van der Waals surface area contributed by atoms with Gasteiger partial charge in [0, 0.05) is 68.2 Å². The summed E-state index contributed by atoms with van der Waals surface area (Å²) in [6, 6.07) is 13.4. The Hall–Kier alpha value is -3.67. The maximum Gasteiger partial charge on any atom is 0.269 e. The Morgan fingerprint density at radius 3 is 2.65 bits per heavy atom. The van der Waals surface area contributed by atoms with Crippen molar-refractivity contribution >= 4 is 28.8 Å². The summed E-state index contributed by atoms with van der Waals surface area (Å²) in [5.74, 6) is -0.446. The van der Waals surface area contributed by atoms with Crippen LogP contribution in [0, 0.1) is 10.1 Å². The Balaban J connectivity index is 1.57. The predicted molar refractivity (Wildman–Crippen MR) is 141 cm³/mol. The normalized spacial score (nSPS) is 17.5. The molecule has 1 aromatic carbocycles. The van der Waals surface area contributed by atoms with E-state index in [0.29, 0.717) is 51.1 Å². The van der Waals surface area contributed by atoms with E-state index in [0.717, 1.165) is 5.56 Å². The number of carbonyl (C=O) groups is 2. The molecule has 194 valence electrons. The number of piperidine rings is 1. The highest BCUT2D eigenvalue weighted by molar-refractivity contribution is 7.09. The number of hydrogen-bond donors (Lipinski definition) is 2. The number of thiophene rings is 1. The van der Waals surface area contributed by atoms with Gasteiger partial charge in [-0.15, -0.1) is 11.3 Å². The van der Waals surface area contributed by atoms with Gasteiger partial charge in [-0.3, -0.25) is 29.6 Å². The fourth-order valence-corrected chi connectivity index (χ4v) is 5.34. The van der Waals surface area contributed by atoms with Gasteiger partial charge in [-0.25, -0.2) is 0 Å². The lowest BCUT2D eigenvalue weighted by molar-refractivity contribution is -0.384. The minimum absolute atomic E-state index is 0.0175. The SMILES string of the molecule is NCCNC(=O)[C@H]1CC(N(Cc2ccc([N+](=O)[O-])cc2)Cc2cccs2)CCN1C(=O)c1cccnc1. The van der Waals surface area contributed by atoms with Gasteiger partial charge in [-0.2, -0.15) is 0 Å². The Bertz CT molecular complexity index is 1190. The number of pyridine rings is 1. The van der Waals surface area contributed by atoms with E-state index < -0.39 is 11.0 Å². The van der Waals surface area contributed by atoms with Crippen molar-refractivity contribution in [2.45, 2.75) is 38.0 Å². The van der Waals surface area contributed by atoms with E-state index in [4.69, 9.17) is 5.73 Å². The van der Waals surface area contributed by atoms with Crippen LogP contribution in [0.1, 0.15) is 33.6 Å². The average Bonchev–Trinajstić information content (AvgIpc) is 3.44. The molecule has 2 amide bonds. The van der Waals surface area contributed by atoms with Crippen LogP contribution in [0.3, 0.4) is 0 Å². The second-order valence-electron chi connectivity index (χ2n) is 8.92. The highest BCUT2D eigenvalue weighted by Gasteiger charge is 2.38. The number of nitro benzene ring substituents is 1. The number of benzene rings is 1. The van der Waals surface area contributed by atoms with E-state index >= 15 is 0 Å². The van der Waals surface area contributed by atoms with Crippen LogP contribution in [0.25, 0.3) is 0 Å². The topological polar surface area (TPSA) is 135 Å². The summed E-state index contributed by atoms with van der Waals surface area (Å²) in [7, 11) is 0. The quantitative estimate of drug-likeness (QED) is 0.309. The molecule has 1 saturated heterocycles. The van der Waals surface area contributed by atoms with Gasteiger partial charge in [0.15, 0.2) is 0 Å². The van der Waals surface area contributed by atoms with Crippen molar-refractivity contribution in [1.29, 1.82) is 0 Å². The maximum absolute atomic E-state index is 13.3. The van der Waals surface area contributed by atoms with Crippen molar-refractivity contribution in [3.05, 3.63) is 92.4 Å². The van der Waals surface area contributed by atoms with Gasteiger partial charge in [0.2, 0.25) is 5.91 Å². The zero-order valence-corrected chi connectivity index (χ0v) is 21.2. The Labute approximate surface area is 219 Å². The number of carbonyl (C=O) groups excluding carboxylic acids is 2. The first kappa shape index (κ1) is 26.4. The standard InChI is InChI=1S/C26H30N6O4S/c27-10-12-29-25(33)24-15-22(9-13-31(24)26(34)20-3-1-11-28-16-20)30(18-23-4-2-14-37-23)17-19-5-7-21(8-6-19)32(35)36/h1-8,11,14,16,22,24H,9-10,12-13,15,17-18,27H2,(H,29,33)/t22?,24-/m1/s1. The molecule has 1 aliphatic rings. The van der Waals surface area contributed by atoms with E-state index in [-0.39, 0.29) is 23.5 Å². The van der Waals surface area contributed by atoms with E-state index in [2.05, 4.69) is 21.3 Å². The van der Waals surface area contributed by atoms with Crippen molar-refractivity contribution in [3.63, 3.8) is 0 Å². The summed E-state index contributed by atoms with van der Waals surface area (Å²) in [5, 5.41) is 16.0. The molecule has 3 aromatic rings. The third kappa shape index (κ3) is 6.76. The summed E-state index contributed by atoms with van der Waals surface area (Å²) in [6.07, 6.45) is 4.27. The van der Waals surface area contributed by atoms with Crippen LogP contribution < -0.4 is 11.1 Å². The van der Waals surface area contributed by atoms with Crippen LogP contribution in [0.2, 0.25) is 0 Å². The molecule has 0 saturated carbocycles. The highest BCUT2D eigenvalue weighted by Crippen LogP contribution is 2.28. The first-order chi connectivity index (χ1) is 18.0. The number of hydrogen-bond acceptors (Lipinski definition) is 8. The van der Waals surface area contributed by atoms with Gasteiger partial charge >= 0.3 is 0 Å². The lowest BCUT2D eigenvalue weighted by Crippen LogP contribution is -2.57. The molecule has 1 aliphatic heterocycles. The number of nitrogens with one attached hydrogen (secondary N) is 1. The van der Waals surface area contributed by atoms with Crippen molar-refractivity contribution in [1.82, 2.24) is 20.1 Å². The van der Waals surface area contributed by atoms with Crippen molar-refractivity contribution in [2.75, 3.05) is 19.6 Å². The van der Waals surface area contributed by atoms with Crippen molar-refractivity contribution in [3.8, 4) is 0 Å². The molecule has 1 unspecified atom stereocenters. The molecule has 3 heterocycles. The third-order valence-corrected chi connectivity index (χ3v) is 7.34. The zero-order chi connectivity index (χ0) is 26.2. The molecule has 2 aromatic heterocycles. The van der Waals surface area contributed by atoms with Crippen LogP contribution in [-0.4, -0.2) is 63.2 Å². The van der Waals surface area contributed by atoms with Crippen molar-refractivity contribution in [2.24, 2.45) is 5.73 Å². The van der Waals surface area contributed by atoms with Gasteiger partial charge in [0.05, 0.1) is 10.5 Å². The smallest absolute Gasteiger partial charge is 0.269 e. The monoisotopic (exact) mass is 522 g/mol. The van der Waals surface area contributed by atoms with Gasteiger partial charge in [-0.1, -0.05) is 18.2 Å². The lowest BCUT2D eigenvalue weighted by atomic mass is 9.93. The van der Waals surface area contributed by atoms with Crippen LogP contribution in [0.15, 0.2) is 66.3 Å². The molecule has 2 atom stereocenters. The minimum Gasteiger partial charge on any atom is -0.353 e. The summed E-state index contributed by atoms with van der Waals surface area (Å²) in [4.78, 5) is 46.3. The first-order valence-corrected chi connectivity index (χ1v) is 13.0. The minimum atomic E-state index is -0.652. The molecule has 0 aliphatic carbocycles. The summed E-state index contributed by atoms with van der Waals surface area (Å²) >= 11 is 1.66. The van der Waals surface area contributed by atoms with Crippen molar-refractivity contribution < 1.29 is 14.5 Å². The first-order valence-electron chi connectivity index (χ1n) is 12.1. The number of non-ortho nitro benzene ring substituents is 1. The van der Waals surface area contributed by atoms with Crippen LogP contribution in [-0.2, 0) is 17.9 Å². The molecule has 11 heteroatoms. The van der Waals surface area contributed by atoms with Crippen LogP contribution >= 0.6 is 11.3 Å². The number of amides is 2. The molecule has 10 nitrogen and oxygen atoms in total. The largest absolute Gasteiger partial charge is 0.353 e. The number of aromatic nitrogens is 1. The van der Waals surface area contributed by atoms with Gasteiger partial charge in [-0.05, 0) is 42.0 Å². The molecule has 0 bridgehead atoms. The lowest BCUT2D eigenvalue weighted by Gasteiger charge is -2.43. The molecular formula is C26H30N6O4S. The average molecular weight is 523 g/mol. The molecule has 3 N–H and O–H groups in total. The third-order valence-electron chi connectivity index (χ3n) is 6.48. The van der Waals surface area contributed by atoms with E-state index in [9.17, 15) is 19.7 Å². The number of nitrogens with two attached hydrogens (primary N) is 1.